The summed E-state index contributed by atoms with van der Waals surface area (Å²) in [6.07, 6.45) is 0. The van der Waals surface area contributed by atoms with Crippen LogP contribution in [0, 0.1) is 22.7 Å². The average Bonchev–Trinajstić information content (AvgIpc) is 3.62. The summed E-state index contributed by atoms with van der Waals surface area (Å²) >= 11 is 3.55. The molecule has 8 aromatic rings. The molecule has 0 saturated carbocycles. The normalized spacial score (nSPS) is 11.3. The van der Waals surface area contributed by atoms with Gasteiger partial charge in [0, 0.05) is 57.0 Å². The number of nitrogens with zero attached hydrogens (tertiary/aromatic N) is 2. The van der Waals surface area contributed by atoms with Gasteiger partial charge in [-0.3, -0.25) is 0 Å². The van der Waals surface area contributed by atoms with E-state index in [0.29, 0.717) is 11.1 Å². The van der Waals surface area contributed by atoms with Gasteiger partial charge in [-0.05, 0) is 47.0 Å². The molecule has 0 fully saturated rings. The van der Waals surface area contributed by atoms with Crippen molar-refractivity contribution in [3.63, 3.8) is 0 Å². The summed E-state index contributed by atoms with van der Waals surface area (Å²) in [5.74, 6) is 0. The van der Waals surface area contributed by atoms with E-state index >= 15 is 0 Å². The van der Waals surface area contributed by atoms with Gasteiger partial charge in [-0.15, -0.1) is 22.7 Å². The van der Waals surface area contributed by atoms with Gasteiger partial charge >= 0.3 is 0 Å². The molecule has 0 unspecified atom stereocenters. The van der Waals surface area contributed by atoms with Crippen LogP contribution in [0.3, 0.4) is 0 Å². The van der Waals surface area contributed by atoms with Crippen LogP contribution in [0.15, 0.2) is 121 Å². The molecule has 2 nitrogen and oxygen atoms in total. The van der Waals surface area contributed by atoms with Crippen molar-refractivity contribution >= 4 is 63.0 Å². The molecule has 0 saturated heterocycles. The molecule has 0 aliphatic rings. The van der Waals surface area contributed by atoms with Crippen LogP contribution in [0.4, 0.5) is 0 Å². The molecule has 6 aromatic carbocycles. The smallest absolute Gasteiger partial charge is 0.100 e. The van der Waals surface area contributed by atoms with Gasteiger partial charge in [-0.2, -0.15) is 10.5 Å². The highest BCUT2D eigenvalue weighted by molar-refractivity contribution is 7.26. The van der Waals surface area contributed by atoms with Crippen molar-refractivity contribution < 1.29 is 0 Å². The van der Waals surface area contributed by atoms with Crippen molar-refractivity contribution in [3.05, 3.63) is 132 Å². The second kappa shape index (κ2) is 9.68. The van der Waals surface area contributed by atoms with Crippen LogP contribution in [0.1, 0.15) is 11.1 Å². The molecule has 4 heteroatoms. The summed E-state index contributed by atoms with van der Waals surface area (Å²) < 4.78 is 4.84. The van der Waals surface area contributed by atoms with E-state index in [4.69, 9.17) is 0 Å². The third-order valence-electron chi connectivity index (χ3n) is 8.02. The first-order valence-electron chi connectivity index (χ1n) is 13.6. The lowest BCUT2D eigenvalue weighted by Crippen LogP contribution is -1.97. The molecule has 194 valence electrons. The Morgan fingerprint density at radius 3 is 1.52 bits per heavy atom. The van der Waals surface area contributed by atoms with E-state index in [0.717, 1.165) is 38.8 Å². The minimum absolute atomic E-state index is 0.550. The molecule has 0 aliphatic heterocycles. The van der Waals surface area contributed by atoms with Crippen molar-refractivity contribution in [2.75, 3.05) is 0 Å². The van der Waals surface area contributed by atoms with Crippen molar-refractivity contribution in [2.45, 2.75) is 0 Å². The quantitative estimate of drug-likeness (QED) is 0.213. The highest BCUT2D eigenvalue weighted by Crippen LogP contribution is 2.48. The maximum atomic E-state index is 10.9. The molecule has 0 radical (unpaired) electrons. The zero-order valence-electron chi connectivity index (χ0n) is 22.3. The fourth-order valence-electron chi connectivity index (χ4n) is 6.24. The molecule has 8 rings (SSSR count). The minimum Gasteiger partial charge on any atom is -0.192 e. The van der Waals surface area contributed by atoms with Crippen molar-refractivity contribution in [3.8, 4) is 45.5 Å². The molecule has 2 heterocycles. The number of hydrogen-bond donors (Lipinski definition) is 0. The average molecular weight is 569 g/mol. The molecule has 0 aliphatic carbocycles. The number of rotatable bonds is 3. The summed E-state index contributed by atoms with van der Waals surface area (Å²) in [6, 6.07) is 46.5. The number of benzene rings is 6. The molecule has 0 spiro atoms. The molecule has 2 aromatic heterocycles. The van der Waals surface area contributed by atoms with Gasteiger partial charge in [0.2, 0.25) is 0 Å². The Hall–Kier alpha value is -5.26. The van der Waals surface area contributed by atoms with Gasteiger partial charge < -0.3 is 0 Å². The first kappa shape index (κ1) is 24.5. The summed E-state index contributed by atoms with van der Waals surface area (Å²) in [5, 5.41) is 25.8. The van der Waals surface area contributed by atoms with Crippen LogP contribution in [0.2, 0.25) is 0 Å². The standard InChI is InChI=1S/C38H20N2S2/c39-21-23-9-1-2-10-24(23)36-28(27-14-8-18-35-38(27)30-12-4-6-16-33(30)42-35)20-19-25(31(36)22-40)26-13-7-17-34-37(26)29-11-3-5-15-32(29)41-34/h1-20H. The molecular formula is C38H20N2S2. The molecule has 0 bridgehead atoms. The Morgan fingerprint density at radius 2 is 0.905 bits per heavy atom. The Bertz CT molecular complexity index is 2450. The number of fused-ring (bicyclic) bond motifs is 6. The summed E-state index contributed by atoms with van der Waals surface area (Å²) in [7, 11) is 0. The van der Waals surface area contributed by atoms with Crippen LogP contribution >= 0.6 is 22.7 Å². The predicted molar refractivity (Wildman–Crippen MR) is 178 cm³/mol. The van der Waals surface area contributed by atoms with Gasteiger partial charge in [0.15, 0.2) is 0 Å². The van der Waals surface area contributed by atoms with Crippen molar-refractivity contribution in [1.82, 2.24) is 0 Å². The zero-order valence-corrected chi connectivity index (χ0v) is 23.9. The van der Waals surface area contributed by atoms with Crippen LogP contribution in [-0.2, 0) is 0 Å². The second-order valence-corrected chi connectivity index (χ2v) is 12.4. The second-order valence-electron chi connectivity index (χ2n) is 10.2. The zero-order chi connectivity index (χ0) is 28.2. The SMILES string of the molecule is N#Cc1ccccc1-c1c(-c2cccc3sc4ccccc4c23)ccc(-c2cccc3sc4ccccc4c23)c1C#N. The van der Waals surface area contributed by atoms with Crippen molar-refractivity contribution in [2.24, 2.45) is 0 Å². The van der Waals surface area contributed by atoms with E-state index in [9.17, 15) is 10.5 Å². The maximum Gasteiger partial charge on any atom is 0.100 e. The van der Waals surface area contributed by atoms with E-state index in [-0.39, 0.29) is 0 Å². The van der Waals surface area contributed by atoms with Gasteiger partial charge in [-0.1, -0.05) is 91.0 Å². The third-order valence-corrected chi connectivity index (χ3v) is 10.3. The van der Waals surface area contributed by atoms with Crippen LogP contribution in [0.5, 0.6) is 0 Å². The van der Waals surface area contributed by atoms with E-state index < -0.39 is 0 Å². The highest BCUT2D eigenvalue weighted by atomic mass is 32.1. The molecule has 0 N–H and O–H groups in total. The molecule has 0 amide bonds. The van der Waals surface area contributed by atoms with E-state index in [2.05, 4.69) is 109 Å². The first-order valence-corrected chi connectivity index (χ1v) is 15.3. The minimum atomic E-state index is 0.550. The van der Waals surface area contributed by atoms with Gasteiger partial charge in [0.25, 0.3) is 0 Å². The summed E-state index contributed by atoms with van der Waals surface area (Å²) in [6.45, 7) is 0. The third kappa shape index (κ3) is 3.60. The lowest BCUT2D eigenvalue weighted by atomic mass is 9.83. The van der Waals surface area contributed by atoms with E-state index in [1.807, 2.05) is 24.3 Å². The molecule has 42 heavy (non-hydrogen) atoms. The summed E-state index contributed by atoms with van der Waals surface area (Å²) in [5.41, 5.74) is 6.62. The van der Waals surface area contributed by atoms with Crippen molar-refractivity contribution in [1.29, 1.82) is 10.5 Å². The lowest BCUT2D eigenvalue weighted by molar-refractivity contribution is 1.45. The van der Waals surface area contributed by atoms with Crippen LogP contribution in [-0.4, -0.2) is 0 Å². The van der Waals surface area contributed by atoms with Gasteiger partial charge in [0.1, 0.15) is 6.07 Å². The fraction of sp³-hybridized carbons (Fsp3) is 0. The Balaban J connectivity index is 1.52. The van der Waals surface area contributed by atoms with Crippen LogP contribution < -0.4 is 0 Å². The van der Waals surface area contributed by atoms with E-state index in [1.54, 1.807) is 22.7 Å². The Labute approximate surface area is 250 Å². The molecule has 0 atom stereocenters. The van der Waals surface area contributed by atoms with Gasteiger partial charge in [0.05, 0.1) is 17.2 Å². The Kier molecular flexibility index (Phi) is 5.66. The molecular weight excluding hydrogens is 549 g/mol. The largest absolute Gasteiger partial charge is 0.192 e. The van der Waals surface area contributed by atoms with E-state index in [1.165, 1.54) is 35.0 Å². The monoisotopic (exact) mass is 568 g/mol. The van der Waals surface area contributed by atoms with Gasteiger partial charge in [-0.25, -0.2) is 0 Å². The predicted octanol–water partition coefficient (Wildman–Crippen LogP) is 11.2. The number of hydrogen-bond acceptors (Lipinski definition) is 4. The topological polar surface area (TPSA) is 47.6 Å². The maximum absolute atomic E-state index is 10.9. The lowest BCUT2D eigenvalue weighted by Gasteiger charge is -2.18. The number of nitriles is 2. The highest BCUT2D eigenvalue weighted by Gasteiger charge is 2.23. The van der Waals surface area contributed by atoms with Crippen LogP contribution in [0.25, 0.3) is 73.7 Å². The fourth-order valence-corrected chi connectivity index (χ4v) is 8.51. The Morgan fingerprint density at radius 1 is 0.405 bits per heavy atom. The first-order chi connectivity index (χ1) is 20.8. The number of thiophene rings is 2. The summed E-state index contributed by atoms with van der Waals surface area (Å²) in [4.78, 5) is 0.